The van der Waals surface area contributed by atoms with E-state index in [0.717, 1.165) is 39.0 Å². The third kappa shape index (κ3) is 3.17. The van der Waals surface area contributed by atoms with Crippen LogP contribution in [0.15, 0.2) is 72.8 Å². The first-order valence-electron chi connectivity index (χ1n) is 8.19. The summed E-state index contributed by atoms with van der Waals surface area (Å²) < 4.78 is 5.22. The van der Waals surface area contributed by atoms with Crippen LogP contribution in [0.3, 0.4) is 0 Å². The van der Waals surface area contributed by atoms with Crippen LogP contribution in [0.2, 0.25) is 0 Å². The second kappa shape index (κ2) is 6.65. The fourth-order valence-electron chi connectivity index (χ4n) is 2.87. The van der Waals surface area contributed by atoms with Crippen LogP contribution in [-0.2, 0) is 0 Å². The summed E-state index contributed by atoms with van der Waals surface area (Å²) >= 11 is 0. The summed E-state index contributed by atoms with van der Waals surface area (Å²) in [4.78, 5) is 0. The average Bonchev–Trinajstić information content (AvgIpc) is 3.09. The lowest BCUT2D eigenvalue weighted by Gasteiger charge is -2.04. The predicted molar refractivity (Wildman–Crippen MR) is 103 cm³/mol. The maximum absolute atomic E-state index is 5.22. The highest BCUT2D eigenvalue weighted by Gasteiger charge is 2.05. The number of H-pyrrole nitrogens is 1. The number of nitrogens with zero attached hydrogens (tertiary/aromatic N) is 1. The molecule has 1 N–H and O–H groups in total. The SMILES string of the molecule is COc1ccc(-c2ccc3c(/C=C/c4ccccc4)n[nH]c3c2)cc1. The zero-order valence-corrected chi connectivity index (χ0v) is 13.9. The van der Waals surface area contributed by atoms with Gasteiger partial charge in [-0.2, -0.15) is 5.10 Å². The molecule has 3 aromatic carbocycles. The predicted octanol–water partition coefficient (Wildman–Crippen LogP) is 5.41. The lowest BCUT2D eigenvalue weighted by molar-refractivity contribution is 0.415. The molecule has 4 aromatic rings. The van der Waals surface area contributed by atoms with E-state index in [9.17, 15) is 0 Å². The van der Waals surface area contributed by atoms with Crippen molar-refractivity contribution >= 4 is 23.1 Å². The molecule has 0 aliphatic rings. The van der Waals surface area contributed by atoms with E-state index in [-0.39, 0.29) is 0 Å². The Morgan fingerprint density at radius 3 is 2.36 bits per heavy atom. The molecule has 0 aliphatic heterocycles. The summed E-state index contributed by atoms with van der Waals surface area (Å²) in [7, 11) is 1.68. The van der Waals surface area contributed by atoms with Gasteiger partial charge in [0.1, 0.15) is 5.75 Å². The van der Waals surface area contributed by atoms with Crippen LogP contribution in [0.1, 0.15) is 11.3 Å². The van der Waals surface area contributed by atoms with Gasteiger partial charge in [0.2, 0.25) is 0 Å². The number of methoxy groups -OCH3 is 1. The van der Waals surface area contributed by atoms with Crippen molar-refractivity contribution in [2.45, 2.75) is 0 Å². The van der Waals surface area contributed by atoms with Crippen LogP contribution < -0.4 is 4.74 Å². The van der Waals surface area contributed by atoms with Gasteiger partial charge in [-0.3, -0.25) is 5.10 Å². The summed E-state index contributed by atoms with van der Waals surface area (Å²) in [6.07, 6.45) is 4.12. The molecule has 0 fully saturated rings. The monoisotopic (exact) mass is 326 g/mol. The smallest absolute Gasteiger partial charge is 0.118 e. The maximum Gasteiger partial charge on any atom is 0.118 e. The zero-order chi connectivity index (χ0) is 17.1. The number of rotatable bonds is 4. The van der Waals surface area contributed by atoms with Crippen LogP contribution in [0.5, 0.6) is 5.75 Å². The molecule has 0 saturated heterocycles. The van der Waals surface area contributed by atoms with Crippen LogP contribution in [0, 0.1) is 0 Å². The van der Waals surface area contributed by atoms with E-state index in [1.54, 1.807) is 7.11 Å². The maximum atomic E-state index is 5.22. The summed E-state index contributed by atoms with van der Waals surface area (Å²) in [5, 5.41) is 8.69. The van der Waals surface area contributed by atoms with E-state index in [2.05, 4.69) is 58.7 Å². The van der Waals surface area contributed by atoms with Crippen molar-refractivity contribution in [2.24, 2.45) is 0 Å². The normalized spacial score (nSPS) is 11.2. The minimum absolute atomic E-state index is 0.861. The minimum atomic E-state index is 0.861. The van der Waals surface area contributed by atoms with Gasteiger partial charge >= 0.3 is 0 Å². The topological polar surface area (TPSA) is 37.9 Å². The first-order chi connectivity index (χ1) is 12.3. The largest absolute Gasteiger partial charge is 0.497 e. The Kier molecular flexibility index (Phi) is 4.05. The lowest BCUT2D eigenvalue weighted by atomic mass is 10.0. The number of hydrogen-bond acceptors (Lipinski definition) is 2. The van der Waals surface area contributed by atoms with Crippen LogP contribution in [-0.4, -0.2) is 17.3 Å². The van der Waals surface area contributed by atoms with Gasteiger partial charge in [-0.05, 0) is 47.0 Å². The number of aromatic nitrogens is 2. The van der Waals surface area contributed by atoms with Crippen LogP contribution >= 0.6 is 0 Å². The van der Waals surface area contributed by atoms with Crippen LogP contribution in [0.25, 0.3) is 34.2 Å². The molecule has 0 aliphatic carbocycles. The molecule has 4 rings (SSSR count). The van der Waals surface area contributed by atoms with Gasteiger partial charge in [-0.15, -0.1) is 0 Å². The second-order valence-electron chi connectivity index (χ2n) is 5.84. The van der Waals surface area contributed by atoms with E-state index in [1.165, 1.54) is 0 Å². The molecule has 0 atom stereocenters. The van der Waals surface area contributed by atoms with Gasteiger partial charge < -0.3 is 4.74 Å². The summed E-state index contributed by atoms with van der Waals surface area (Å²) in [6, 6.07) is 24.7. The van der Waals surface area contributed by atoms with Crippen molar-refractivity contribution in [1.29, 1.82) is 0 Å². The summed E-state index contributed by atoms with van der Waals surface area (Å²) in [5.74, 6) is 0.861. The molecule has 0 amide bonds. The molecule has 1 heterocycles. The Morgan fingerprint density at radius 1 is 0.840 bits per heavy atom. The quantitative estimate of drug-likeness (QED) is 0.544. The number of ether oxygens (including phenoxy) is 1. The summed E-state index contributed by atoms with van der Waals surface area (Å²) in [5.41, 5.74) is 5.44. The van der Waals surface area contributed by atoms with Crippen molar-refractivity contribution in [3.05, 3.63) is 84.1 Å². The molecule has 0 spiro atoms. The van der Waals surface area contributed by atoms with Gasteiger partial charge in [0, 0.05) is 5.39 Å². The lowest BCUT2D eigenvalue weighted by Crippen LogP contribution is -1.83. The van der Waals surface area contributed by atoms with Gasteiger partial charge in [0.25, 0.3) is 0 Å². The molecular formula is C22H18N2O. The molecular weight excluding hydrogens is 308 g/mol. The Balaban J connectivity index is 1.65. The number of fused-ring (bicyclic) bond motifs is 1. The zero-order valence-electron chi connectivity index (χ0n) is 13.9. The third-order valence-corrected chi connectivity index (χ3v) is 4.25. The van der Waals surface area contributed by atoms with Gasteiger partial charge in [-0.1, -0.05) is 54.6 Å². The molecule has 0 unspecified atom stereocenters. The van der Waals surface area contributed by atoms with Crippen molar-refractivity contribution in [3.8, 4) is 16.9 Å². The van der Waals surface area contributed by atoms with Gasteiger partial charge in [0.05, 0.1) is 18.3 Å². The Bertz CT molecular complexity index is 1020. The molecule has 122 valence electrons. The van der Waals surface area contributed by atoms with Gasteiger partial charge in [0.15, 0.2) is 0 Å². The molecule has 0 bridgehead atoms. The van der Waals surface area contributed by atoms with E-state index in [0.29, 0.717) is 0 Å². The molecule has 3 nitrogen and oxygen atoms in total. The Hall–Kier alpha value is -3.33. The van der Waals surface area contributed by atoms with E-state index in [4.69, 9.17) is 4.74 Å². The summed E-state index contributed by atoms with van der Waals surface area (Å²) in [6.45, 7) is 0. The first kappa shape index (κ1) is 15.2. The van der Waals surface area contributed by atoms with E-state index >= 15 is 0 Å². The van der Waals surface area contributed by atoms with Crippen molar-refractivity contribution in [1.82, 2.24) is 10.2 Å². The Morgan fingerprint density at radius 2 is 1.60 bits per heavy atom. The molecule has 25 heavy (non-hydrogen) atoms. The standard InChI is InChI=1S/C22H18N2O/c1-25-19-11-8-17(9-12-19)18-10-13-20-21(23-24-22(20)15-18)14-7-16-5-3-2-4-6-16/h2-15H,1H3,(H,23,24)/b14-7+. The van der Waals surface area contributed by atoms with Crippen molar-refractivity contribution in [3.63, 3.8) is 0 Å². The fraction of sp³-hybridized carbons (Fsp3) is 0.0455. The second-order valence-corrected chi connectivity index (χ2v) is 5.84. The highest BCUT2D eigenvalue weighted by molar-refractivity contribution is 5.92. The molecule has 0 saturated carbocycles. The molecule has 0 radical (unpaired) electrons. The minimum Gasteiger partial charge on any atom is -0.497 e. The molecule has 1 aromatic heterocycles. The van der Waals surface area contributed by atoms with E-state index < -0.39 is 0 Å². The van der Waals surface area contributed by atoms with E-state index in [1.807, 2.05) is 36.4 Å². The number of benzene rings is 3. The van der Waals surface area contributed by atoms with Gasteiger partial charge in [-0.25, -0.2) is 0 Å². The highest BCUT2D eigenvalue weighted by atomic mass is 16.5. The van der Waals surface area contributed by atoms with Crippen LogP contribution in [0.4, 0.5) is 0 Å². The fourth-order valence-corrected chi connectivity index (χ4v) is 2.87. The van der Waals surface area contributed by atoms with Crippen molar-refractivity contribution < 1.29 is 4.74 Å². The average molecular weight is 326 g/mol. The number of aromatic amines is 1. The Labute approximate surface area is 146 Å². The highest BCUT2D eigenvalue weighted by Crippen LogP contribution is 2.27. The third-order valence-electron chi connectivity index (χ3n) is 4.25. The number of nitrogens with one attached hydrogen (secondary N) is 1. The first-order valence-corrected chi connectivity index (χ1v) is 8.19. The molecule has 3 heteroatoms. The number of hydrogen-bond donors (Lipinski definition) is 1. The van der Waals surface area contributed by atoms with Crippen molar-refractivity contribution in [2.75, 3.05) is 7.11 Å².